The molecule has 0 spiro atoms. The van der Waals surface area contributed by atoms with Crippen LogP contribution in [-0.2, 0) is 0 Å². The average molecular weight is 429 g/mol. The van der Waals surface area contributed by atoms with E-state index in [0.29, 0.717) is 11.1 Å². The smallest absolute Gasteiger partial charge is 0.176 e. The number of nitrogens with two attached hydrogens (primary N) is 1. The lowest BCUT2D eigenvalue weighted by atomic mass is 9.91. The summed E-state index contributed by atoms with van der Waals surface area (Å²) in [5.41, 5.74) is 9.35. The van der Waals surface area contributed by atoms with Gasteiger partial charge in [0, 0.05) is 41.3 Å². The summed E-state index contributed by atoms with van der Waals surface area (Å²) in [6, 6.07) is 9.18. The maximum atomic E-state index is 14.2. The fraction of sp³-hybridized carbons (Fsp3) is 0.360. The fourth-order valence-electron chi connectivity index (χ4n) is 4.43. The number of ketones is 1. The number of hydrogen-bond acceptors (Lipinski definition) is 6. The van der Waals surface area contributed by atoms with Crippen molar-refractivity contribution in [2.45, 2.75) is 50.6 Å². The van der Waals surface area contributed by atoms with Crippen LogP contribution in [0.4, 0.5) is 10.1 Å². The van der Waals surface area contributed by atoms with Gasteiger partial charge >= 0.3 is 0 Å². The summed E-state index contributed by atoms with van der Waals surface area (Å²) >= 11 is 0. The normalized spacial score (nSPS) is 20.7. The van der Waals surface area contributed by atoms with E-state index in [4.69, 9.17) is 11.0 Å². The molecule has 7 heteroatoms. The zero-order valence-corrected chi connectivity index (χ0v) is 17.6. The number of Topliss-reactive ketones (excluding diaryl/α,β-unsaturated/α-hetero) is 1. The van der Waals surface area contributed by atoms with Gasteiger partial charge in [-0.05, 0) is 62.3 Å². The zero-order valence-electron chi connectivity index (χ0n) is 17.6. The van der Waals surface area contributed by atoms with Crippen molar-refractivity contribution in [3.8, 4) is 17.2 Å². The van der Waals surface area contributed by atoms with E-state index in [1.54, 1.807) is 12.3 Å². The summed E-state index contributed by atoms with van der Waals surface area (Å²) in [4.78, 5) is 21.5. The van der Waals surface area contributed by atoms with Crippen molar-refractivity contribution >= 4 is 22.4 Å². The van der Waals surface area contributed by atoms with Gasteiger partial charge in [-0.2, -0.15) is 5.26 Å². The Hall–Kier alpha value is -3.37. The van der Waals surface area contributed by atoms with Gasteiger partial charge in [0.1, 0.15) is 6.07 Å². The van der Waals surface area contributed by atoms with Gasteiger partial charge in [0.15, 0.2) is 17.3 Å². The average Bonchev–Trinajstić information content (AvgIpc) is 3.65. The number of carbonyl (C=O) groups is 1. The minimum absolute atomic E-state index is 0.0783. The molecule has 0 bridgehead atoms. The first-order chi connectivity index (χ1) is 15.5. The van der Waals surface area contributed by atoms with Crippen molar-refractivity contribution < 1.29 is 9.18 Å². The lowest BCUT2D eigenvalue weighted by Crippen LogP contribution is -2.33. The van der Waals surface area contributed by atoms with E-state index in [0.717, 1.165) is 60.7 Å². The topological polar surface area (TPSA) is 105 Å². The molecule has 3 aromatic rings. The number of nitrogens with zero attached hydrogens (tertiary/aromatic N) is 3. The second-order valence-electron chi connectivity index (χ2n) is 8.84. The number of benzene rings is 1. The summed E-state index contributed by atoms with van der Waals surface area (Å²) in [5, 5.41) is 13.4. The van der Waals surface area contributed by atoms with E-state index in [2.05, 4.69) is 15.3 Å². The number of aromatic nitrogens is 2. The Morgan fingerprint density at radius 1 is 1.06 bits per heavy atom. The number of rotatable bonds is 5. The SMILES string of the molecule is N#Cc1ncc(-c2ccc3ncc(C(=O)C4CC4)c(N[C@H]4CC[C@H](N)CC4)c3c2)cc1F. The first-order valence-electron chi connectivity index (χ1n) is 11.1. The Balaban J connectivity index is 1.60. The van der Waals surface area contributed by atoms with Crippen molar-refractivity contribution in [1.82, 2.24) is 9.97 Å². The molecule has 32 heavy (non-hydrogen) atoms. The van der Waals surface area contributed by atoms with Crippen LogP contribution in [0.2, 0.25) is 0 Å². The maximum absolute atomic E-state index is 14.2. The number of carbonyl (C=O) groups excluding carboxylic acids is 1. The molecule has 1 aromatic carbocycles. The third-order valence-corrected chi connectivity index (χ3v) is 6.48. The van der Waals surface area contributed by atoms with Crippen LogP contribution >= 0.6 is 0 Å². The second-order valence-corrected chi connectivity index (χ2v) is 8.84. The fourth-order valence-corrected chi connectivity index (χ4v) is 4.43. The minimum atomic E-state index is -0.655. The predicted octanol–water partition coefficient (Wildman–Crippen LogP) is 4.58. The molecule has 2 aliphatic rings. The number of halogens is 1. The Labute approximate surface area is 185 Å². The summed E-state index contributed by atoms with van der Waals surface area (Å²) in [6.07, 6.45) is 8.82. The quantitative estimate of drug-likeness (QED) is 0.575. The molecule has 0 unspecified atom stereocenters. The molecule has 0 atom stereocenters. The van der Waals surface area contributed by atoms with E-state index >= 15 is 0 Å². The van der Waals surface area contributed by atoms with Crippen LogP contribution in [0, 0.1) is 23.1 Å². The first-order valence-corrected chi connectivity index (χ1v) is 11.1. The van der Waals surface area contributed by atoms with Crippen LogP contribution in [0.3, 0.4) is 0 Å². The third-order valence-electron chi connectivity index (χ3n) is 6.48. The molecule has 2 fully saturated rings. The highest BCUT2D eigenvalue weighted by atomic mass is 19.1. The second kappa shape index (κ2) is 8.29. The lowest BCUT2D eigenvalue weighted by molar-refractivity contribution is 0.0968. The van der Waals surface area contributed by atoms with Crippen molar-refractivity contribution in [1.29, 1.82) is 5.26 Å². The van der Waals surface area contributed by atoms with E-state index in [1.807, 2.05) is 18.2 Å². The van der Waals surface area contributed by atoms with Gasteiger partial charge in [0.2, 0.25) is 0 Å². The van der Waals surface area contributed by atoms with E-state index in [1.165, 1.54) is 12.3 Å². The number of anilines is 1. The summed E-state index contributed by atoms with van der Waals surface area (Å²) in [5.74, 6) is -0.446. The van der Waals surface area contributed by atoms with Crippen LogP contribution in [0.1, 0.15) is 54.6 Å². The highest BCUT2D eigenvalue weighted by Gasteiger charge is 2.33. The standard InChI is InChI=1S/C25H24FN5O/c26-21-10-16(12-29-23(21)11-27)15-3-8-22-19(9-15)24(31-18-6-4-17(28)5-7-18)20(13-30-22)25(32)14-1-2-14/h3,8-10,12-14,17-18H,1-2,4-7,28H2,(H,30,31)/t17-,18-. The number of nitriles is 1. The van der Waals surface area contributed by atoms with Crippen LogP contribution < -0.4 is 11.1 Å². The van der Waals surface area contributed by atoms with Crippen LogP contribution in [0.5, 0.6) is 0 Å². The van der Waals surface area contributed by atoms with Gasteiger partial charge < -0.3 is 11.1 Å². The van der Waals surface area contributed by atoms with Gasteiger partial charge in [-0.15, -0.1) is 0 Å². The number of hydrogen-bond donors (Lipinski definition) is 2. The monoisotopic (exact) mass is 429 g/mol. The molecule has 162 valence electrons. The van der Waals surface area contributed by atoms with Crippen molar-refractivity contribution in [3.05, 3.63) is 53.7 Å². The van der Waals surface area contributed by atoms with E-state index in [9.17, 15) is 9.18 Å². The Morgan fingerprint density at radius 3 is 2.53 bits per heavy atom. The summed E-state index contributed by atoms with van der Waals surface area (Å²) in [7, 11) is 0. The molecule has 2 aromatic heterocycles. The van der Waals surface area contributed by atoms with Crippen molar-refractivity contribution in [2.75, 3.05) is 5.32 Å². The molecule has 0 aliphatic heterocycles. The summed E-state index contributed by atoms with van der Waals surface area (Å²) < 4.78 is 14.2. The van der Waals surface area contributed by atoms with Gasteiger partial charge in [-0.1, -0.05) is 6.07 Å². The zero-order chi connectivity index (χ0) is 22.2. The number of nitrogens with one attached hydrogen (secondary N) is 1. The molecule has 0 amide bonds. The largest absolute Gasteiger partial charge is 0.381 e. The Bertz CT molecular complexity index is 1240. The molecule has 6 nitrogen and oxygen atoms in total. The Morgan fingerprint density at radius 2 is 1.84 bits per heavy atom. The van der Waals surface area contributed by atoms with Crippen molar-refractivity contribution in [3.63, 3.8) is 0 Å². The molecular formula is C25H24FN5O. The molecule has 5 rings (SSSR count). The molecule has 3 N–H and O–H groups in total. The molecule has 2 saturated carbocycles. The third kappa shape index (κ3) is 3.94. The summed E-state index contributed by atoms with van der Waals surface area (Å²) in [6.45, 7) is 0. The minimum Gasteiger partial charge on any atom is -0.381 e. The molecular weight excluding hydrogens is 405 g/mol. The van der Waals surface area contributed by atoms with Gasteiger partial charge in [-0.3, -0.25) is 9.78 Å². The highest BCUT2D eigenvalue weighted by Crippen LogP contribution is 2.38. The lowest BCUT2D eigenvalue weighted by Gasteiger charge is -2.29. The number of pyridine rings is 2. The van der Waals surface area contributed by atoms with Gasteiger partial charge in [0.25, 0.3) is 0 Å². The van der Waals surface area contributed by atoms with Crippen LogP contribution in [0.25, 0.3) is 22.0 Å². The highest BCUT2D eigenvalue weighted by molar-refractivity contribution is 6.10. The predicted molar refractivity (Wildman–Crippen MR) is 121 cm³/mol. The van der Waals surface area contributed by atoms with Gasteiger partial charge in [-0.25, -0.2) is 9.37 Å². The van der Waals surface area contributed by atoms with Crippen LogP contribution in [-0.4, -0.2) is 27.8 Å². The maximum Gasteiger partial charge on any atom is 0.176 e. The van der Waals surface area contributed by atoms with Gasteiger partial charge in [0.05, 0.1) is 16.8 Å². The molecule has 2 aliphatic carbocycles. The van der Waals surface area contributed by atoms with Crippen molar-refractivity contribution in [2.24, 2.45) is 11.7 Å². The van der Waals surface area contributed by atoms with Crippen LogP contribution in [0.15, 0.2) is 36.7 Å². The molecule has 0 radical (unpaired) electrons. The molecule has 0 saturated heterocycles. The number of fused-ring (bicyclic) bond motifs is 1. The first kappa shape index (κ1) is 20.5. The molecule has 2 heterocycles. The van der Waals surface area contributed by atoms with E-state index < -0.39 is 5.82 Å². The Kier molecular flexibility index (Phi) is 5.32. The van der Waals surface area contributed by atoms with E-state index in [-0.39, 0.29) is 29.5 Å².